The highest BCUT2D eigenvalue weighted by atomic mass is 32.2. The molecule has 350 valence electrons. The molecule has 30 heteroatoms. The lowest BCUT2D eigenvalue weighted by atomic mass is 9.97. The van der Waals surface area contributed by atoms with Crippen molar-refractivity contribution >= 4 is 44.4 Å². The van der Waals surface area contributed by atoms with E-state index in [1.165, 1.54) is 28.4 Å². The Hall–Kier alpha value is -1.86. The molecule has 0 aromatic carbocycles. The summed E-state index contributed by atoms with van der Waals surface area (Å²) >= 11 is 0.681. The quantitative estimate of drug-likeness (QED) is 0.0201. The topological polar surface area (TPSA) is 355 Å². The van der Waals surface area contributed by atoms with E-state index in [1.807, 2.05) is 0 Å². The molecule has 60 heavy (non-hydrogen) atoms. The van der Waals surface area contributed by atoms with Gasteiger partial charge in [0.25, 0.3) is 0 Å². The molecule has 0 amide bonds. The molecule has 0 spiro atoms. The minimum absolute atomic E-state index is 0.00264. The number of hydrogen-bond acceptors (Lipinski definition) is 28. The predicted molar refractivity (Wildman–Crippen MR) is 186 cm³/mol. The van der Waals surface area contributed by atoms with Gasteiger partial charge in [0.1, 0.15) is 86.0 Å². The van der Waals surface area contributed by atoms with Crippen LogP contribution in [0.15, 0.2) is 0 Å². The maximum Gasteiger partial charge on any atom is 0.373 e. The van der Waals surface area contributed by atoms with Crippen molar-refractivity contribution in [3.8, 4) is 0 Å². The fraction of sp³-hybridized carbons (Fsp3) is 0.900. The van der Waals surface area contributed by atoms with E-state index in [1.54, 1.807) is 13.8 Å². The first-order valence-electron chi connectivity index (χ1n) is 17.2. The second-order valence-corrected chi connectivity index (χ2v) is 13.3. The Morgan fingerprint density at radius 3 is 1.50 bits per heavy atom. The van der Waals surface area contributed by atoms with Crippen molar-refractivity contribution in [1.29, 1.82) is 0 Å². The zero-order valence-electron chi connectivity index (χ0n) is 32.8. The number of aliphatic hydroxyl groups excluding tert-OH is 6. The molecule has 0 aromatic rings. The van der Waals surface area contributed by atoms with Crippen LogP contribution in [0.5, 0.6) is 0 Å². The summed E-state index contributed by atoms with van der Waals surface area (Å²) in [6.07, 6.45) is -20.7. The van der Waals surface area contributed by atoms with Crippen molar-refractivity contribution in [3.63, 3.8) is 0 Å². The third kappa shape index (κ3) is 15.2. The first kappa shape index (κ1) is 54.3. The molecule has 7 N–H and O–H groups in total. The molecular formula is C30H52O28S2+2. The lowest BCUT2D eigenvalue weighted by Gasteiger charge is -2.46. The Bertz CT molecular complexity index is 1230. The van der Waals surface area contributed by atoms with E-state index in [0.717, 1.165) is 0 Å². The molecule has 4 rings (SSSR count). The molecule has 0 aliphatic carbocycles. The van der Waals surface area contributed by atoms with E-state index in [9.17, 15) is 30.6 Å². The number of rotatable bonds is 20. The highest BCUT2D eigenvalue weighted by molar-refractivity contribution is 7.89. The Morgan fingerprint density at radius 1 is 0.617 bits per heavy atom. The van der Waals surface area contributed by atoms with Gasteiger partial charge in [-0.1, -0.05) is 0 Å². The monoisotopic (exact) mass is 924 g/mol. The highest BCUT2D eigenvalue weighted by Gasteiger charge is 2.52. The van der Waals surface area contributed by atoms with Gasteiger partial charge in [-0.25, -0.2) is 4.89 Å². The van der Waals surface area contributed by atoms with Crippen molar-refractivity contribution in [2.75, 3.05) is 41.7 Å². The number of ether oxygens (including phenoxy) is 10. The van der Waals surface area contributed by atoms with Crippen LogP contribution in [0.4, 0.5) is 0 Å². The molecule has 4 fully saturated rings. The minimum Gasteiger partial charge on any atom is -0.387 e. The standard InChI is InChI=1S/C15H26O14S.C14H25O12S.CO2/c1-6-11(13(27-30-29-28-22-4)10(18)14(21-3)24-6)26-15-9(17)8(16)12(20-2)7(25-15)5-23-19;1-6-11(23-14-9(16)8(15)7(18-2)5-21-14)12(24-27-26-25-20-4)10(17)13(19-3)22-6;2-1-3/h6-18H,4-5H2,1-3H3;6-17H,4-5H2,1-3H3;/q;+1;/p+1. The summed E-state index contributed by atoms with van der Waals surface area (Å²) in [5, 5.41) is 79.0. The maximum atomic E-state index is 10.5. The van der Waals surface area contributed by atoms with Crippen LogP contribution in [0.2, 0.25) is 0 Å². The van der Waals surface area contributed by atoms with Crippen molar-refractivity contribution in [1.82, 2.24) is 0 Å². The molecule has 19 unspecified atom stereocenters. The summed E-state index contributed by atoms with van der Waals surface area (Å²) in [6, 6.07) is 0. The minimum atomic E-state index is -1.54. The fourth-order valence-electron chi connectivity index (χ4n) is 6.07. The van der Waals surface area contributed by atoms with Gasteiger partial charge in [0.15, 0.2) is 25.2 Å². The van der Waals surface area contributed by atoms with Gasteiger partial charge in [-0.2, -0.15) is 9.59 Å². The average molecular weight is 925 g/mol. The SMILES string of the molecule is C=[O+]OOSOC1C(O)C(OC)OC(C)C1OC1OC(COO)C(OC)C(O)C1O.C=[O+]OOSOC1C(O)C(OC)OC(C)C1OC1OCC(OC)C(O)C1O.O=C=O. The zero-order valence-corrected chi connectivity index (χ0v) is 34.5. The van der Waals surface area contributed by atoms with Crippen LogP contribution < -0.4 is 0 Å². The molecule has 4 aliphatic heterocycles. The first-order valence-corrected chi connectivity index (χ1v) is 18.6. The van der Waals surface area contributed by atoms with Crippen LogP contribution >= 0.6 is 24.6 Å². The summed E-state index contributed by atoms with van der Waals surface area (Å²) in [5.41, 5.74) is 0. The van der Waals surface area contributed by atoms with Gasteiger partial charge in [-0.3, -0.25) is 13.6 Å². The Balaban J connectivity index is 0.000000390. The molecule has 0 radical (unpaired) electrons. The summed E-state index contributed by atoms with van der Waals surface area (Å²) in [7, 11) is 5.38. The summed E-state index contributed by atoms with van der Waals surface area (Å²) in [4.78, 5) is 20.3. The lowest BCUT2D eigenvalue weighted by molar-refractivity contribution is -0.826. The van der Waals surface area contributed by atoms with Crippen molar-refractivity contribution in [2.24, 2.45) is 0 Å². The van der Waals surface area contributed by atoms with Crippen LogP contribution in [0.25, 0.3) is 0 Å². The molecule has 0 bridgehead atoms. The molecule has 0 aromatic heterocycles. The average Bonchev–Trinajstić information content (AvgIpc) is 3.23. The van der Waals surface area contributed by atoms with Gasteiger partial charge >= 0.3 is 19.7 Å². The van der Waals surface area contributed by atoms with Crippen LogP contribution in [0.1, 0.15) is 13.8 Å². The van der Waals surface area contributed by atoms with Gasteiger partial charge in [0.2, 0.25) is 24.6 Å². The van der Waals surface area contributed by atoms with E-state index >= 15 is 0 Å². The number of aliphatic hydroxyl groups is 6. The van der Waals surface area contributed by atoms with E-state index in [4.69, 9.17) is 70.6 Å². The van der Waals surface area contributed by atoms with Crippen LogP contribution in [-0.4, -0.2) is 214 Å². The van der Waals surface area contributed by atoms with E-state index in [0.29, 0.717) is 24.6 Å². The smallest absolute Gasteiger partial charge is 0.373 e. The van der Waals surface area contributed by atoms with Crippen molar-refractivity contribution < 1.29 is 134 Å². The van der Waals surface area contributed by atoms with Crippen molar-refractivity contribution in [2.45, 2.75) is 131 Å². The third-order valence-corrected chi connectivity index (χ3v) is 9.77. The molecule has 4 aliphatic rings. The van der Waals surface area contributed by atoms with E-state index in [-0.39, 0.29) is 19.4 Å². The van der Waals surface area contributed by atoms with Crippen LogP contribution in [-0.2, 0) is 98.1 Å². The summed E-state index contributed by atoms with van der Waals surface area (Å²) < 4.78 is 81.6. The van der Waals surface area contributed by atoms with Gasteiger partial charge < -0.3 is 78.0 Å². The largest absolute Gasteiger partial charge is 0.387 e. The van der Waals surface area contributed by atoms with Crippen molar-refractivity contribution in [3.05, 3.63) is 0 Å². The van der Waals surface area contributed by atoms with Gasteiger partial charge in [-0.15, -0.1) is 0 Å². The maximum absolute atomic E-state index is 10.5. The fourth-order valence-corrected chi connectivity index (χ4v) is 6.88. The highest BCUT2D eigenvalue weighted by Crippen LogP contribution is 2.34. The Morgan fingerprint density at radius 2 is 1.08 bits per heavy atom. The third-order valence-electron chi connectivity index (χ3n) is 8.95. The predicted octanol–water partition coefficient (Wildman–Crippen LogP) is -3.94. The number of carbonyl (C=O) groups excluding carboxylic acids is 4. The summed E-state index contributed by atoms with van der Waals surface area (Å²) in [6.45, 7) is 8.77. The Kier molecular flexibility index (Phi) is 26.0. The van der Waals surface area contributed by atoms with Gasteiger partial charge in [0, 0.05) is 46.3 Å². The Labute approximate surface area is 350 Å². The molecule has 19 atom stereocenters. The lowest BCUT2D eigenvalue weighted by Crippen LogP contribution is -2.64. The van der Waals surface area contributed by atoms with E-state index < -0.39 is 117 Å². The molecule has 4 saturated heterocycles. The molecule has 28 nitrogen and oxygen atoms in total. The number of methoxy groups -OCH3 is 4. The van der Waals surface area contributed by atoms with Gasteiger partial charge in [-0.05, 0) is 13.8 Å². The van der Waals surface area contributed by atoms with E-state index in [2.05, 4.69) is 46.4 Å². The second-order valence-electron chi connectivity index (χ2n) is 12.4. The van der Waals surface area contributed by atoms with Crippen LogP contribution in [0.3, 0.4) is 0 Å². The second kappa shape index (κ2) is 28.8. The molecule has 4 heterocycles. The molecular weight excluding hydrogens is 872 g/mol. The summed E-state index contributed by atoms with van der Waals surface area (Å²) in [5.74, 6) is 0. The van der Waals surface area contributed by atoms with Crippen LogP contribution in [0, 0.1) is 0 Å². The molecule has 0 saturated carbocycles. The number of hydrogen-bond donors (Lipinski definition) is 7. The normalized spacial score (nSPS) is 40.4. The zero-order chi connectivity index (χ0) is 44.9. The first-order chi connectivity index (χ1) is 28.7. The van der Waals surface area contributed by atoms with Gasteiger partial charge in [0.05, 0.1) is 28.9 Å².